The normalized spacial score (nSPS) is 19.7. The highest BCUT2D eigenvalue weighted by Crippen LogP contribution is 2.21. The van der Waals surface area contributed by atoms with E-state index in [-0.39, 0.29) is 11.8 Å². The average molecular weight is 235 g/mol. The van der Waals surface area contributed by atoms with Crippen LogP contribution < -0.4 is 4.74 Å². The first-order chi connectivity index (χ1) is 8.22. The molecule has 0 saturated heterocycles. The Balaban J connectivity index is 2.48. The molecule has 0 N–H and O–H groups in total. The summed E-state index contributed by atoms with van der Waals surface area (Å²) >= 11 is 0. The molecule has 1 atom stereocenters. The fraction of sp³-hybridized carbons (Fsp3) is 0.417. The third-order valence-electron chi connectivity index (χ3n) is 2.59. The lowest BCUT2D eigenvalue weighted by Crippen LogP contribution is -2.09. The summed E-state index contributed by atoms with van der Waals surface area (Å²) in [7, 11) is 1.42. The van der Waals surface area contributed by atoms with Crippen molar-refractivity contribution < 1.29 is 9.13 Å². The summed E-state index contributed by atoms with van der Waals surface area (Å²) in [6.45, 7) is 2.75. The van der Waals surface area contributed by atoms with Crippen molar-refractivity contribution in [1.29, 1.82) is 0 Å². The molecular weight excluding hydrogens is 221 g/mol. The first kappa shape index (κ1) is 11.7. The van der Waals surface area contributed by atoms with Gasteiger partial charge in [0.05, 0.1) is 12.8 Å². The van der Waals surface area contributed by atoms with Gasteiger partial charge in [0.2, 0.25) is 0 Å². The summed E-state index contributed by atoms with van der Waals surface area (Å²) in [5, 5.41) is 0. The van der Waals surface area contributed by atoms with Crippen molar-refractivity contribution in [2.45, 2.75) is 19.4 Å². The Labute approximate surface area is 99.3 Å². The average Bonchev–Trinajstić information content (AvgIpc) is 2.53. The molecule has 1 aromatic rings. The molecule has 2 rings (SSSR count). The standard InChI is InChI=1S/C12H14FN3O/c1-8-3-5-14-7-10(16-8)9-4-6-15-12(13)11(9)17-2/h4,6-8H,3,5H2,1-2H3. The molecule has 1 aliphatic rings. The van der Waals surface area contributed by atoms with E-state index in [1.165, 1.54) is 13.3 Å². The Morgan fingerprint density at radius 1 is 1.47 bits per heavy atom. The van der Waals surface area contributed by atoms with E-state index in [0.717, 1.165) is 13.0 Å². The number of halogens is 1. The molecule has 90 valence electrons. The molecule has 0 aromatic carbocycles. The molecule has 0 spiro atoms. The van der Waals surface area contributed by atoms with E-state index in [9.17, 15) is 4.39 Å². The number of methoxy groups -OCH3 is 1. The van der Waals surface area contributed by atoms with Crippen molar-refractivity contribution in [2.24, 2.45) is 9.98 Å². The van der Waals surface area contributed by atoms with Gasteiger partial charge in [-0.05, 0) is 19.4 Å². The summed E-state index contributed by atoms with van der Waals surface area (Å²) in [5.74, 6) is -0.509. The number of aliphatic imine (C=N–C) groups is 2. The Hall–Kier alpha value is -1.78. The van der Waals surface area contributed by atoms with Crippen LogP contribution in [0.25, 0.3) is 0 Å². The first-order valence-electron chi connectivity index (χ1n) is 5.49. The van der Waals surface area contributed by atoms with Crippen LogP contribution >= 0.6 is 0 Å². The number of pyridine rings is 1. The van der Waals surface area contributed by atoms with E-state index in [0.29, 0.717) is 11.3 Å². The molecule has 0 fully saturated rings. The van der Waals surface area contributed by atoms with Gasteiger partial charge in [-0.2, -0.15) is 4.39 Å². The number of hydrogen-bond donors (Lipinski definition) is 0. The zero-order valence-corrected chi connectivity index (χ0v) is 9.85. The van der Waals surface area contributed by atoms with Crippen LogP contribution in [0, 0.1) is 5.95 Å². The lowest BCUT2D eigenvalue weighted by Gasteiger charge is -2.09. The van der Waals surface area contributed by atoms with E-state index >= 15 is 0 Å². The third-order valence-corrected chi connectivity index (χ3v) is 2.59. The fourth-order valence-corrected chi connectivity index (χ4v) is 1.71. The van der Waals surface area contributed by atoms with E-state index in [1.54, 1.807) is 12.3 Å². The summed E-state index contributed by atoms with van der Waals surface area (Å²) in [6, 6.07) is 1.86. The van der Waals surface area contributed by atoms with Crippen LogP contribution in [0.4, 0.5) is 4.39 Å². The zero-order chi connectivity index (χ0) is 12.3. The van der Waals surface area contributed by atoms with Gasteiger partial charge in [0.1, 0.15) is 0 Å². The molecule has 17 heavy (non-hydrogen) atoms. The van der Waals surface area contributed by atoms with Crippen LogP contribution in [0.3, 0.4) is 0 Å². The lowest BCUT2D eigenvalue weighted by molar-refractivity contribution is 0.377. The topological polar surface area (TPSA) is 46.8 Å². The summed E-state index contributed by atoms with van der Waals surface area (Å²) in [5.41, 5.74) is 1.24. The van der Waals surface area contributed by atoms with E-state index in [1.807, 2.05) is 6.92 Å². The molecule has 2 heterocycles. The van der Waals surface area contributed by atoms with Crippen molar-refractivity contribution in [3.05, 3.63) is 23.8 Å². The predicted octanol–water partition coefficient (Wildman–Crippen LogP) is 1.88. The summed E-state index contributed by atoms with van der Waals surface area (Å²) in [4.78, 5) is 12.3. The molecule has 0 radical (unpaired) electrons. The number of rotatable bonds is 2. The maximum Gasteiger partial charge on any atom is 0.255 e. The highest BCUT2D eigenvalue weighted by atomic mass is 19.1. The van der Waals surface area contributed by atoms with Crippen molar-refractivity contribution >= 4 is 11.9 Å². The van der Waals surface area contributed by atoms with Crippen LogP contribution in [-0.4, -0.2) is 36.6 Å². The Bertz CT molecular complexity index is 471. The van der Waals surface area contributed by atoms with Crippen LogP contribution in [0.2, 0.25) is 0 Å². The Morgan fingerprint density at radius 2 is 2.29 bits per heavy atom. The molecule has 0 amide bonds. The van der Waals surface area contributed by atoms with Gasteiger partial charge in [-0.15, -0.1) is 0 Å². The summed E-state index contributed by atoms with van der Waals surface area (Å²) < 4.78 is 18.5. The van der Waals surface area contributed by atoms with Crippen LogP contribution in [0.5, 0.6) is 5.75 Å². The maximum atomic E-state index is 13.5. The summed E-state index contributed by atoms with van der Waals surface area (Å²) in [6.07, 6.45) is 3.97. The quantitative estimate of drug-likeness (QED) is 0.735. The Morgan fingerprint density at radius 3 is 3.06 bits per heavy atom. The smallest absolute Gasteiger partial charge is 0.255 e. The molecule has 1 unspecified atom stereocenters. The van der Waals surface area contributed by atoms with Gasteiger partial charge in [0, 0.05) is 30.6 Å². The minimum absolute atomic E-state index is 0.117. The van der Waals surface area contributed by atoms with Gasteiger partial charge >= 0.3 is 0 Å². The number of ether oxygens (including phenoxy) is 1. The molecular formula is C12H14FN3O. The second kappa shape index (κ2) is 5.03. The molecule has 1 aromatic heterocycles. The monoisotopic (exact) mass is 235 g/mol. The van der Waals surface area contributed by atoms with Gasteiger partial charge in [0.25, 0.3) is 5.95 Å². The van der Waals surface area contributed by atoms with Crippen molar-refractivity contribution in [1.82, 2.24) is 4.98 Å². The highest BCUT2D eigenvalue weighted by molar-refractivity contribution is 6.39. The lowest BCUT2D eigenvalue weighted by atomic mass is 10.1. The zero-order valence-electron chi connectivity index (χ0n) is 9.85. The predicted molar refractivity (Wildman–Crippen MR) is 64.7 cm³/mol. The van der Waals surface area contributed by atoms with E-state index in [4.69, 9.17) is 4.74 Å². The van der Waals surface area contributed by atoms with Crippen molar-refractivity contribution in [2.75, 3.05) is 13.7 Å². The van der Waals surface area contributed by atoms with Gasteiger partial charge in [-0.1, -0.05) is 0 Å². The number of hydrogen-bond acceptors (Lipinski definition) is 4. The first-order valence-corrected chi connectivity index (χ1v) is 5.49. The Kier molecular flexibility index (Phi) is 3.46. The number of aromatic nitrogens is 1. The van der Waals surface area contributed by atoms with E-state index < -0.39 is 5.95 Å². The minimum atomic E-state index is -0.627. The third kappa shape index (κ3) is 2.49. The molecule has 5 heteroatoms. The maximum absolute atomic E-state index is 13.5. The molecule has 0 bridgehead atoms. The SMILES string of the molecule is COc1c(C2=NC(C)CCN=C2)ccnc1F. The van der Waals surface area contributed by atoms with E-state index in [2.05, 4.69) is 15.0 Å². The van der Waals surface area contributed by atoms with Gasteiger partial charge in [-0.3, -0.25) is 9.98 Å². The van der Waals surface area contributed by atoms with Crippen LogP contribution in [0.15, 0.2) is 22.2 Å². The molecule has 0 aliphatic carbocycles. The highest BCUT2D eigenvalue weighted by Gasteiger charge is 2.16. The second-order valence-electron chi connectivity index (χ2n) is 3.87. The second-order valence-corrected chi connectivity index (χ2v) is 3.87. The molecule has 0 saturated carbocycles. The van der Waals surface area contributed by atoms with Gasteiger partial charge in [-0.25, -0.2) is 4.98 Å². The van der Waals surface area contributed by atoms with Crippen molar-refractivity contribution in [3.63, 3.8) is 0 Å². The van der Waals surface area contributed by atoms with Crippen molar-refractivity contribution in [3.8, 4) is 5.75 Å². The van der Waals surface area contributed by atoms with Gasteiger partial charge in [0.15, 0.2) is 5.75 Å². The molecule has 4 nitrogen and oxygen atoms in total. The fourth-order valence-electron chi connectivity index (χ4n) is 1.71. The van der Waals surface area contributed by atoms with Gasteiger partial charge < -0.3 is 4.74 Å². The van der Waals surface area contributed by atoms with Crippen LogP contribution in [0.1, 0.15) is 18.9 Å². The molecule has 1 aliphatic heterocycles. The van der Waals surface area contributed by atoms with Crippen LogP contribution in [-0.2, 0) is 0 Å². The largest absolute Gasteiger partial charge is 0.491 e. The minimum Gasteiger partial charge on any atom is -0.491 e. The number of nitrogens with zero attached hydrogens (tertiary/aromatic N) is 3.